The highest BCUT2D eigenvalue weighted by Crippen LogP contribution is 2.31. The van der Waals surface area contributed by atoms with E-state index in [1.54, 1.807) is 12.1 Å². The van der Waals surface area contributed by atoms with Gasteiger partial charge in [-0.2, -0.15) is 0 Å². The molecule has 0 unspecified atom stereocenters. The van der Waals surface area contributed by atoms with Gasteiger partial charge >= 0.3 is 5.69 Å². The molecule has 1 aromatic carbocycles. The predicted molar refractivity (Wildman–Crippen MR) is 115 cm³/mol. The molecule has 10 nitrogen and oxygen atoms in total. The number of hydrogen-bond acceptors (Lipinski definition) is 9. The highest BCUT2D eigenvalue weighted by molar-refractivity contribution is 5.73. The van der Waals surface area contributed by atoms with Gasteiger partial charge in [-0.25, -0.2) is 9.97 Å². The van der Waals surface area contributed by atoms with Crippen molar-refractivity contribution in [1.29, 1.82) is 0 Å². The van der Waals surface area contributed by atoms with Crippen LogP contribution in [0.2, 0.25) is 0 Å². The summed E-state index contributed by atoms with van der Waals surface area (Å²) in [7, 11) is 0. The average molecular weight is 416 g/mol. The Morgan fingerprint density at radius 1 is 1.20 bits per heavy atom. The topological polar surface area (TPSA) is 115 Å². The standard InChI is InChI=1S/C20H28N6O4/c1-2-3-12-30-17-6-4-16(5-7-17)24-20-18(26(27)28)19(22-15-23-20)21-8-9-25-10-13-29-14-11-25/h4-7,15H,2-3,8-14H2,1H3,(H2,21,22,23,24). The number of nitrogens with zero attached hydrogens (tertiary/aromatic N) is 4. The van der Waals surface area contributed by atoms with Gasteiger partial charge in [-0.15, -0.1) is 0 Å². The lowest BCUT2D eigenvalue weighted by molar-refractivity contribution is -0.383. The maximum atomic E-state index is 11.7. The fourth-order valence-electron chi connectivity index (χ4n) is 3.04. The molecule has 1 fully saturated rings. The molecule has 0 amide bonds. The Hall–Kier alpha value is -2.98. The smallest absolute Gasteiger partial charge is 0.353 e. The summed E-state index contributed by atoms with van der Waals surface area (Å²) in [6.07, 6.45) is 3.38. The Labute approximate surface area is 175 Å². The number of unbranched alkanes of at least 4 members (excludes halogenated alkanes) is 1. The van der Waals surface area contributed by atoms with Crippen molar-refractivity contribution in [1.82, 2.24) is 14.9 Å². The van der Waals surface area contributed by atoms with Crippen LogP contribution >= 0.6 is 0 Å². The molecule has 2 heterocycles. The molecule has 3 rings (SSSR count). The Morgan fingerprint density at radius 3 is 2.63 bits per heavy atom. The van der Waals surface area contributed by atoms with E-state index in [9.17, 15) is 10.1 Å². The van der Waals surface area contributed by atoms with Gasteiger partial charge in [0.1, 0.15) is 12.1 Å². The number of aromatic nitrogens is 2. The van der Waals surface area contributed by atoms with Crippen molar-refractivity contribution >= 4 is 23.0 Å². The van der Waals surface area contributed by atoms with Crippen molar-refractivity contribution in [3.63, 3.8) is 0 Å². The van der Waals surface area contributed by atoms with Crippen LogP contribution in [-0.2, 0) is 4.74 Å². The first-order valence-corrected chi connectivity index (χ1v) is 10.2. The number of nitro groups is 1. The second-order valence-corrected chi connectivity index (χ2v) is 6.91. The number of hydrogen-bond donors (Lipinski definition) is 2. The number of anilines is 3. The molecule has 2 N–H and O–H groups in total. The van der Waals surface area contributed by atoms with Gasteiger partial charge < -0.3 is 20.1 Å². The van der Waals surface area contributed by atoms with E-state index in [1.165, 1.54) is 6.33 Å². The van der Waals surface area contributed by atoms with E-state index in [0.717, 1.165) is 38.2 Å². The van der Waals surface area contributed by atoms with Crippen molar-refractivity contribution < 1.29 is 14.4 Å². The Kier molecular flexibility index (Phi) is 8.16. The van der Waals surface area contributed by atoms with Gasteiger partial charge in [0.05, 0.1) is 24.7 Å². The minimum absolute atomic E-state index is 0.142. The molecule has 2 aromatic rings. The molecule has 0 atom stereocenters. The fourth-order valence-corrected chi connectivity index (χ4v) is 3.04. The number of rotatable bonds is 11. The van der Waals surface area contributed by atoms with Crippen molar-refractivity contribution in [2.75, 3.05) is 56.6 Å². The summed E-state index contributed by atoms with van der Waals surface area (Å²) >= 11 is 0. The molecule has 10 heteroatoms. The van der Waals surface area contributed by atoms with E-state index in [2.05, 4.69) is 32.4 Å². The van der Waals surface area contributed by atoms with Crippen molar-refractivity contribution in [3.05, 3.63) is 40.7 Å². The third-order valence-electron chi connectivity index (χ3n) is 4.71. The highest BCUT2D eigenvalue weighted by atomic mass is 16.6. The minimum Gasteiger partial charge on any atom is -0.494 e. The number of morpholine rings is 1. The van der Waals surface area contributed by atoms with E-state index in [4.69, 9.17) is 9.47 Å². The van der Waals surface area contributed by atoms with Crippen LogP contribution in [0.1, 0.15) is 19.8 Å². The first-order valence-electron chi connectivity index (χ1n) is 10.2. The Morgan fingerprint density at radius 2 is 1.93 bits per heavy atom. The van der Waals surface area contributed by atoms with Crippen LogP contribution in [0.4, 0.5) is 23.0 Å². The number of benzene rings is 1. The second-order valence-electron chi connectivity index (χ2n) is 6.91. The molecule has 0 bridgehead atoms. The van der Waals surface area contributed by atoms with Gasteiger partial charge in [-0.1, -0.05) is 13.3 Å². The first kappa shape index (κ1) is 21.7. The number of nitrogens with one attached hydrogen (secondary N) is 2. The van der Waals surface area contributed by atoms with E-state index in [-0.39, 0.29) is 17.3 Å². The van der Waals surface area contributed by atoms with Crippen LogP contribution in [-0.4, -0.2) is 65.8 Å². The summed E-state index contributed by atoms with van der Waals surface area (Å²) < 4.78 is 11.0. The lowest BCUT2D eigenvalue weighted by Gasteiger charge is -2.26. The normalized spacial score (nSPS) is 14.3. The van der Waals surface area contributed by atoms with E-state index in [0.29, 0.717) is 32.1 Å². The largest absolute Gasteiger partial charge is 0.494 e. The van der Waals surface area contributed by atoms with Crippen molar-refractivity contribution in [3.8, 4) is 5.75 Å². The monoisotopic (exact) mass is 416 g/mol. The molecule has 0 aliphatic carbocycles. The van der Waals surface area contributed by atoms with E-state index >= 15 is 0 Å². The van der Waals surface area contributed by atoms with E-state index < -0.39 is 4.92 Å². The Balaban J connectivity index is 1.64. The third-order valence-corrected chi connectivity index (χ3v) is 4.71. The van der Waals surface area contributed by atoms with Crippen LogP contribution < -0.4 is 15.4 Å². The molecule has 1 aromatic heterocycles. The molecule has 1 aliphatic heterocycles. The van der Waals surface area contributed by atoms with Crippen LogP contribution in [0.15, 0.2) is 30.6 Å². The van der Waals surface area contributed by atoms with Gasteiger partial charge in [0.15, 0.2) is 0 Å². The Bertz CT molecular complexity index is 811. The van der Waals surface area contributed by atoms with Crippen LogP contribution in [0.25, 0.3) is 0 Å². The molecule has 0 saturated carbocycles. The predicted octanol–water partition coefficient (Wildman–Crippen LogP) is 3.05. The third kappa shape index (κ3) is 6.26. The zero-order valence-corrected chi connectivity index (χ0v) is 17.2. The molecule has 30 heavy (non-hydrogen) atoms. The van der Waals surface area contributed by atoms with Crippen LogP contribution in [0, 0.1) is 10.1 Å². The molecule has 0 spiro atoms. The zero-order chi connectivity index (χ0) is 21.2. The summed E-state index contributed by atoms with van der Waals surface area (Å²) in [6, 6.07) is 7.26. The van der Waals surface area contributed by atoms with Gasteiger partial charge in [-0.3, -0.25) is 15.0 Å². The van der Waals surface area contributed by atoms with Crippen molar-refractivity contribution in [2.24, 2.45) is 0 Å². The SMILES string of the molecule is CCCCOc1ccc(Nc2ncnc(NCCN3CCOCC3)c2[N+](=O)[O-])cc1. The van der Waals surface area contributed by atoms with Crippen LogP contribution in [0.5, 0.6) is 5.75 Å². The van der Waals surface area contributed by atoms with Gasteiger partial charge in [-0.05, 0) is 30.7 Å². The quantitative estimate of drug-likeness (QED) is 0.324. The van der Waals surface area contributed by atoms with Crippen LogP contribution in [0.3, 0.4) is 0 Å². The summed E-state index contributed by atoms with van der Waals surface area (Å²) in [5.74, 6) is 1.10. The number of ether oxygens (including phenoxy) is 2. The summed E-state index contributed by atoms with van der Waals surface area (Å²) in [5.41, 5.74) is 0.502. The van der Waals surface area contributed by atoms with E-state index in [1.807, 2.05) is 12.1 Å². The maximum absolute atomic E-state index is 11.7. The van der Waals surface area contributed by atoms with Gasteiger partial charge in [0.25, 0.3) is 0 Å². The summed E-state index contributed by atoms with van der Waals surface area (Å²) in [5, 5.41) is 17.8. The average Bonchev–Trinajstić information content (AvgIpc) is 2.76. The molecule has 1 saturated heterocycles. The summed E-state index contributed by atoms with van der Waals surface area (Å²) in [4.78, 5) is 21.6. The van der Waals surface area contributed by atoms with Crippen molar-refractivity contribution in [2.45, 2.75) is 19.8 Å². The zero-order valence-electron chi connectivity index (χ0n) is 17.2. The van der Waals surface area contributed by atoms with Gasteiger partial charge in [0, 0.05) is 31.9 Å². The molecule has 1 aliphatic rings. The highest BCUT2D eigenvalue weighted by Gasteiger charge is 2.23. The first-order chi connectivity index (χ1) is 14.7. The molecular weight excluding hydrogens is 388 g/mol. The lowest BCUT2D eigenvalue weighted by Crippen LogP contribution is -2.39. The molecular formula is C20H28N6O4. The lowest BCUT2D eigenvalue weighted by atomic mass is 10.3. The molecule has 0 radical (unpaired) electrons. The maximum Gasteiger partial charge on any atom is 0.353 e. The fraction of sp³-hybridized carbons (Fsp3) is 0.500. The minimum atomic E-state index is -0.471. The second kappa shape index (κ2) is 11.3. The van der Waals surface area contributed by atoms with Gasteiger partial charge in [0.2, 0.25) is 11.6 Å². The molecule has 162 valence electrons. The summed E-state index contributed by atoms with van der Waals surface area (Å²) in [6.45, 7) is 7.22.